The Morgan fingerprint density at radius 2 is 2.33 bits per heavy atom. The number of benzene rings is 1. The molecule has 1 aromatic carbocycles. The molecular formula is C13H11BrN2OS. The molecule has 0 spiro atoms. The normalized spacial score (nSPS) is 11.0. The maximum Gasteiger partial charge on any atom is 0.186 e. The number of rotatable bonds is 4. The zero-order valence-corrected chi connectivity index (χ0v) is 12.1. The van der Waals surface area contributed by atoms with Gasteiger partial charge in [0.25, 0.3) is 0 Å². The number of carbonyl (C=O) groups is 1. The fourth-order valence-corrected chi connectivity index (χ4v) is 2.42. The van der Waals surface area contributed by atoms with E-state index in [1.165, 1.54) is 11.8 Å². The van der Waals surface area contributed by atoms with Crippen LogP contribution in [0.25, 0.3) is 0 Å². The molecule has 0 atom stereocenters. The minimum absolute atomic E-state index is 0.0157. The Hall–Kier alpha value is -1.33. The van der Waals surface area contributed by atoms with Crippen LogP contribution in [0, 0.1) is 0 Å². The van der Waals surface area contributed by atoms with E-state index in [1.54, 1.807) is 29.8 Å². The van der Waals surface area contributed by atoms with Crippen molar-refractivity contribution in [3.8, 4) is 0 Å². The van der Waals surface area contributed by atoms with Crippen molar-refractivity contribution in [3.05, 3.63) is 58.2 Å². The second-order valence-corrected chi connectivity index (χ2v) is 5.40. The van der Waals surface area contributed by atoms with Gasteiger partial charge in [-0.25, -0.2) is 4.98 Å². The molecule has 0 radical (unpaired) electrons. The molecule has 92 valence electrons. The van der Waals surface area contributed by atoms with Crippen molar-refractivity contribution in [1.82, 2.24) is 9.55 Å². The number of hydrogen-bond acceptors (Lipinski definition) is 3. The summed E-state index contributed by atoms with van der Waals surface area (Å²) in [5.41, 5.74) is 0.668. The third-order valence-corrected chi connectivity index (χ3v) is 3.65. The molecule has 0 aliphatic rings. The Morgan fingerprint density at radius 3 is 3.00 bits per heavy atom. The van der Waals surface area contributed by atoms with E-state index < -0.39 is 0 Å². The van der Waals surface area contributed by atoms with Crippen LogP contribution in [0.3, 0.4) is 0 Å². The van der Waals surface area contributed by atoms with Gasteiger partial charge in [0.15, 0.2) is 10.9 Å². The van der Waals surface area contributed by atoms with E-state index in [0.717, 1.165) is 9.63 Å². The summed E-state index contributed by atoms with van der Waals surface area (Å²) < 4.78 is 2.80. The van der Waals surface area contributed by atoms with Gasteiger partial charge in [-0.15, -0.1) is 0 Å². The molecule has 0 fully saturated rings. The van der Waals surface area contributed by atoms with Crippen molar-refractivity contribution in [3.63, 3.8) is 0 Å². The predicted molar refractivity (Wildman–Crippen MR) is 76.7 cm³/mol. The highest BCUT2D eigenvalue weighted by Crippen LogP contribution is 2.17. The summed E-state index contributed by atoms with van der Waals surface area (Å²) in [6, 6.07) is 7.33. The smallest absolute Gasteiger partial charge is 0.186 e. The summed E-state index contributed by atoms with van der Waals surface area (Å²) in [4.78, 5) is 16.0. The number of allylic oxidation sites excluding steroid dienone is 1. The van der Waals surface area contributed by atoms with Crippen LogP contribution in [0.1, 0.15) is 10.4 Å². The van der Waals surface area contributed by atoms with Crippen LogP contribution >= 0.6 is 27.7 Å². The Kier molecular flexibility index (Phi) is 4.38. The van der Waals surface area contributed by atoms with E-state index in [1.807, 2.05) is 29.9 Å². The van der Waals surface area contributed by atoms with Crippen molar-refractivity contribution in [2.75, 3.05) is 0 Å². The number of imidazole rings is 1. The van der Waals surface area contributed by atoms with Gasteiger partial charge in [0.1, 0.15) is 0 Å². The van der Waals surface area contributed by atoms with Crippen molar-refractivity contribution in [2.45, 2.75) is 5.16 Å². The maximum atomic E-state index is 11.9. The molecule has 0 saturated heterocycles. The molecule has 3 nitrogen and oxygen atoms in total. The van der Waals surface area contributed by atoms with Gasteiger partial charge >= 0.3 is 0 Å². The summed E-state index contributed by atoms with van der Waals surface area (Å²) in [7, 11) is 1.92. The van der Waals surface area contributed by atoms with Gasteiger partial charge in [0.05, 0.1) is 0 Å². The number of aromatic nitrogens is 2. The molecule has 1 aromatic heterocycles. The summed E-state index contributed by atoms with van der Waals surface area (Å²) in [5.74, 6) is -0.0157. The van der Waals surface area contributed by atoms with Crippen molar-refractivity contribution < 1.29 is 4.79 Å². The van der Waals surface area contributed by atoms with Gasteiger partial charge in [-0.2, -0.15) is 0 Å². The van der Waals surface area contributed by atoms with Crippen molar-refractivity contribution in [2.24, 2.45) is 7.05 Å². The molecule has 0 N–H and O–H groups in total. The first-order chi connectivity index (χ1) is 8.66. The lowest BCUT2D eigenvalue weighted by atomic mass is 10.1. The Bertz CT molecular complexity index is 592. The molecule has 0 aliphatic carbocycles. The average molecular weight is 323 g/mol. The minimum Gasteiger partial charge on any atom is -0.329 e. The number of ketones is 1. The second kappa shape index (κ2) is 6.02. The number of hydrogen-bond donors (Lipinski definition) is 0. The maximum absolute atomic E-state index is 11.9. The number of halogens is 1. The highest BCUT2D eigenvalue weighted by Gasteiger charge is 2.02. The number of nitrogens with zero attached hydrogens (tertiary/aromatic N) is 2. The largest absolute Gasteiger partial charge is 0.329 e. The van der Waals surface area contributed by atoms with Crippen LogP contribution < -0.4 is 0 Å². The molecule has 0 bridgehead atoms. The highest BCUT2D eigenvalue weighted by molar-refractivity contribution is 9.10. The molecule has 1 heterocycles. The molecule has 5 heteroatoms. The standard InChI is InChI=1S/C13H11BrN2OS/c1-16-7-6-15-13(16)18-8-5-12(17)10-3-2-4-11(14)9-10/h2-9H,1H3/b8-5-. The summed E-state index contributed by atoms with van der Waals surface area (Å²) in [6.07, 6.45) is 5.15. The van der Waals surface area contributed by atoms with E-state index in [-0.39, 0.29) is 5.78 Å². The molecular weight excluding hydrogens is 312 g/mol. The van der Waals surface area contributed by atoms with Gasteiger partial charge in [-0.1, -0.05) is 39.8 Å². The van der Waals surface area contributed by atoms with Gasteiger partial charge in [-0.3, -0.25) is 4.79 Å². The summed E-state index contributed by atoms with van der Waals surface area (Å²) in [6.45, 7) is 0. The second-order valence-electron chi connectivity index (χ2n) is 3.62. The van der Waals surface area contributed by atoms with Gasteiger partial charge in [-0.05, 0) is 23.6 Å². The summed E-state index contributed by atoms with van der Waals surface area (Å²) in [5, 5.41) is 2.61. The van der Waals surface area contributed by atoms with E-state index in [4.69, 9.17) is 0 Å². The highest BCUT2D eigenvalue weighted by atomic mass is 79.9. The molecule has 0 aliphatic heterocycles. The Labute approximate surface area is 118 Å². The van der Waals surface area contributed by atoms with Gasteiger partial charge in [0.2, 0.25) is 0 Å². The van der Waals surface area contributed by atoms with Crippen molar-refractivity contribution in [1.29, 1.82) is 0 Å². The molecule has 18 heavy (non-hydrogen) atoms. The lowest BCUT2D eigenvalue weighted by molar-refractivity contribution is 0.104. The molecule has 2 aromatic rings. The van der Waals surface area contributed by atoms with E-state index in [0.29, 0.717) is 5.56 Å². The molecule has 2 rings (SSSR count). The first kappa shape index (κ1) is 13.1. The average Bonchev–Trinajstić information content (AvgIpc) is 2.75. The predicted octanol–water partition coefficient (Wildman–Crippen LogP) is 3.67. The lowest BCUT2D eigenvalue weighted by Gasteiger charge is -1.97. The van der Waals surface area contributed by atoms with Crippen LogP contribution in [0.15, 0.2) is 57.8 Å². The first-order valence-corrected chi connectivity index (χ1v) is 6.94. The Balaban J connectivity index is 2.02. The van der Waals surface area contributed by atoms with Gasteiger partial charge in [0, 0.05) is 29.5 Å². The third kappa shape index (κ3) is 3.34. The quantitative estimate of drug-likeness (QED) is 0.489. The number of thioether (sulfide) groups is 1. The summed E-state index contributed by atoms with van der Waals surface area (Å²) >= 11 is 4.76. The van der Waals surface area contributed by atoms with Crippen LogP contribution in [-0.2, 0) is 7.05 Å². The van der Waals surface area contributed by atoms with Crippen LogP contribution in [0.2, 0.25) is 0 Å². The molecule has 0 amide bonds. The third-order valence-electron chi connectivity index (χ3n) is 2.28. The fraction of sp³-hybridized carbons (Fsp3) is 0.0769. The van der Waals surface area contributed by atoms with Gasteiger partial charge < -0.3 is 4.57 Å². The van der Waals surface area contributed by atoms with E-state index in [2.05, 4.69) is 20.9 Å². The number of carbonyl (C=O) groups excluding carboxylic acids is 1. The SMILES string of the molecule is Cn1ccnc1S/C=C\C(=O)c1cccc(Br)c1. The fourth-order valence-electron chi connectivity index (χ4n) is 1.36. The van der Waals surface area contributed by atoms with E-state index in [9.17, 15) is 4.79 Å². The van der Waals surface area contributed by atoms with Crippen molar-refractivity contribution >= 4 is 33.5 Å². The lowest BCUT2D eigenvalue weighted by Crippen LogP contribution is -1.93. The van der Waals surface area contributed by atoms with Crippen LogP contribution in [0.5, 0.6) is 0 Å². The molecule has 0 unspecified atom stereocenters. The molecule has 0 saturated carbocycles. The van der Waals surface area contributed by atoms with E-state index >= 15 is 0 Å². The minimum atomic E-state index is -0.0157. The zero-order valence-electron chi connectivity index (χ0n) is 9.71. The van der Waals surface area contributed by atoms with Crippen LogP contribution in [-0.4, -0.2) is 15.3 Å². The number of aryl methyl sites for hydroxylation is 1. The Morgan fingerprint density at radius 1 is 1.50 bits per heavy atom. The van der Waals surface area contributed by atoms with Crippen LogP contribution in [0.4, 0.5) is 0 Å². The topological polar surface area (TPSA) is 34.9 Å². The zero-order chi connectivity index (χ0) is 13.0. The first-order valence-electron chi connectivity index (χ1n) is 5.27. The monoisotopic (exact) mass is 322 g/mol.